The summed E-state index contributed by atoms with van der Waals surface area (Å²) in [6.45, 7) is 2.60. The van der Waals surface area contributed by atoms with Crippen LogP contribution in [0.4, 0.5) is 10.1 Å². The number of hydrogen-bond acceptors (Lipinski definition) is 1. The van der Waals surface area contributed by atoms with Gasteiger partial charge in [0, 0.05) is 21.7 Å². The lowest BCUT2D eigenvalue weighted by atomic mass is 10.2. The van der Waals surface area contributed by atoms with Crippen molar-refractivity contribution in [2.45, 2.75) is 13.5 Å². The van der Waals surface area contributed by atoms with E-state index < -0.39 is 0 Å². The van der Waals surface area contributed by atoms with Crippen LogP contribution in [-0.4, -0.2) is 0 Å². The number of hydrogen-bond donors (Lipinski definition) is 1. The second-order valence-corrected chi connectivity index (χ2v) is 5.31. The SMILES string of the molecule is Cc1ccc(NCc2ccc(F)cc2Cl)cc1Br. The largest absolute Gasteiger partial charge is 0.381 e. The smallest absolute Gasteiger partial charge is 0.124 e. The second-order valence-electron chi connectivity index (χ2n) is 4.05. The van der Waals surface area contributed by atoms with E-state index in [1.165, 1.54) is 17.7 Å². The van der Waals surface area contributed by atoms with E-state index in [-0.39, 0.29) is 5.82 Å². The van der Waals surface area contributed by atoms with Crippen LogP contribution in [0, 0.1) is 12.7 Å². The van der Waals surface area contributed by atoms with Crippen molar-refractivity contribution in [2.24, 2.45) is 0 Å². The Morgan fingerprint density at radius 1 is 1.22 bits per heavy atom. The van der Waals surface area contributed by atoms with Gasteiger partial charge in [-0.25, -0.2) is 4.39 Å². The molecule has 1 nitrogen and oxygen atoms in total. The highest BCUT2D eigenvalue weighted by Crippen LogP contribution is 2.22. The molecule has 0 radical (unpaired) electrons. The molecule has 0 amide bonds. The van der Waals surface area contributed by atoms with Crippen LogP contribution in [0.15, 0.2) is 40.9 Å². The predicted molar refractivity (Wildman–Crippen MR) is 77.6 cm³/mol. The van der Waals surface area contributed by atoms with E-state index in [1.54, 1.807) is 6.07 Å². The number of anilines is 1. The minimum Gasteiger partial charge on any atom is -0.381 e. The van der Waals surface area contributed by atoms with Gasteiger partial charge in [0.25, 0.3) is 0 Å². The standard InChI is InChI=1S/C14H12BrClFN/c1-9-2-5-12(7-13(9)15)18-8-10-3-4-11(17)6-14(10)16/h2-7,18H,8H2,1H3. The van der Waals surface area contributed by atoms with Crippen molar-refractivity contribution in [2.75, 3.05) is 5.32 Å². The van der Waals surface area contributed by atoms with Crippen molar-refractivity contribution in [3.8, 4) is 0 Å². The van der Waals surface area contributed by atoms with Crippen LogP contribution in [0.2, 0.25) is 5.02 Å². The van der Waals surface area contributed by atoms with Crippen molar-refractivity contribution in [3.63, 3.8) is 0 Å². The molecule has 0 aliphatic heterocycles. The Balaban J connectivity index is 2.09. The summed E-state index contributed by atoms with van der Waals surface area (Å²) in [6, 6.07) is 10.5. The summed E-state index contributed by atoms with van der Waals surface area (Å²) in [5, 5.41) is 3.69. The Labute approximate surface area is 119 Å². The van der Waals surface area contributed by atoms with Gasteiger partial charge >= 0.3 is 0 Å². The van der Waals surface area contributed by atoms with Crippen LogP contribution < -0.4 is 5.32 Å². The van der Waals surface area contributed by atoms with Gasteiger partial charge in [-0.1, -0.05) is 39.7 Å². The third-order valence-corrected chi connectivity index (χ3v) is 3.88. The monoisotopic (exact) mass is 327 g/mol. The molecule has 0 heterocycles. The van der Waals surface area contributed by atoms with E-state index in [1.807, 2.05) is 25.1 Å². The third kappa shape index (κ3) is 3.24. The summed E-state index contributed by atoms with van der Waals surface area (Å²) in [4.78, 5) is 0. The Morgan fingerprint density at radius 3 is 2.67 bits per heavy atom. The van der Waals surface area contributed by atoms with Gasteiger partial charge in [0.05, 0.1) is 0 Å². The number of rotatable bonds is 3. The molecule has 2 aromatic carbocycles. The van der Waals surface area contributed by atoms with Crippen molar-refractivity contribution in [3.05, 3.63) is 62.8 Å². The number of halogens is 3. The van der Waals surface area contributed by atoms with Gasteiger partial charge in [-0.3, -0.25) is 0 Å². The Kier molecular flexibility index (Phi) is 4.25. The van der Waals surface area contributed by atoms with Gasteiger partial charge in [0.2, 0.25) is 0 Å². The summed E-state index contributed by atoms with van der Waals surface area (Å²) >= 11 is 9.44. The van der Waals surface area contributed by atoms with E-state index in [4.69, 9.17) is 11.6 Å². The summed E-state index contributed by atoms with van der Waals surface area (Å²) in [6.07, 6.45) is 0. The minimum atomic E-state index is -0.318. The highest BCUT2D eigenvalue weighted by molar-refractivity contribution is 9.10. The molecular formula is C14H12BrClFN. The van der Waals surface area contributed by atoms with Crippen LogP contribution in [0.1, 0.15) is 11.1 Å². The molecule has 0 aliphatic carbocycles. The van der Waals surface area contributed by atoms with E-state index in [9.17, 15) is 4.39 Å². The Bertz CT molecular complexity index is 572. The van der Waals surface area contributed by atoms with Crippen molar-refractivity contribution in [1.29, 1.82) is 0 Å². The molecule has 94 valence electrons. The number of benzene rings is 2. The van der Waals surface area contributed by atoms with E-state index >= 15 is 0 Å². The maximum Gasteiger partial charge on any atom is 0.124 e. The highest BCUT2D eigenvalue weighted by Gasteiger charge is 2.02. The molecule has 0 aromatic heterocycles. The lowest BCUT2D eigenvalue weighted by Gasteiger charge is -2.09. The molecule has 0 aliphatic rings. The van der Waals surface area contributed by atoms with Gasteiger partial charge in [-0.2, -0.15) is 0 Å². The third-order valence-electron chi connectivity index (χ3n) is 2.67. The normalized spacial score (nSPS) is 10.4. The fourth-order valence-electron chi connectivity index (χ4n) is 1.57. The van der Waals surface area contributed by atoms with Crippen LogP contribution in [-0.2, 0) is 6.54 Å². The van der Waals surface area contributed by atoms with Crippen LogP contribution in [0.3, 0.4) is 0 Å². The fourth-order valence-corrected chi connectivity index (χ4v) is 2.18. The number of nitrogens with one attached hydrogen (secondary N) is 1. The molecule has 1 N–H and O–H groups in total. The Morgan fingerprint density at radius 2 is 2.00 bits per heavy atom. The molecule has 2 aromatic rings. The molecule has 0 atom stereocenters. The molecule has 0 saturated carbocycles. The average Bonchev–Trinajstić information content (AvgIpc) is 2.32. The van der Waals surface area contributed by atoms with Gasteiger partial charge in [0.1, 0.15) is 5.82 Å². The zero-order valence-electron chi connectivity index (χ0n) is 9.81. The summed E-state index contributed by atoms with van der Waals surface area (Å²) < 4.78 is 14.0. The first kappa shape index (κ1) is 13.4. The lowest BCUT2D eigenvalue weighted by molar-refractivity contribution is 0.627. The molecule has 18 heavy (non-hydrogen) atoms. The van der Waals surface area contributed by atoms with Gasteiger partial charge in [0.15, 0.2) is 0 Å². The minimum absolute atomic E-state index is 0.318. The summed E-state index contributed by atoms with van der Waals surface area (Å²) in [7, 11) is 0. The maximum atomic E-state index is 12.9. The first-order valence-electron chi connectivity index (χ1n) is 5.50. The molecule has 0 saturated heterocycles. The zero-order valence-corrected chi connectivity index (χ0v) is 12.1. The van der Waals surface area contributed by atoms with Gasteiger partial charge < -0.3 is 5.32 Å². The number of aryl methyl sites for hydroxylation is 1. The highest BCUT2D eigenvalue weighted by atomic mass is 79.9. The van der Waals surface area contributed by atoms with Crippen LogP contribution >= 0.6 is 27.5 Å². The topological polar surface area (TPSA) is 12.0 Å². The maximum absolute atomic E-state index is 12.9. The van der Waals surface area contributed by atoms with Gasteiger partial charge in [-0.15, -0.1) is 0 Å². The van der Waals surface area contributed by atoms with E-state index in [2.05, 4.69) is 21.2 Å². The molecule has 0 fully saturated rings. The lowest BCUT2D eigenvalue weighted by Crippen LogP contribution is -2.00. The molecule has 0 bridgehead atoms. The quantitative estimate of drug-likeness (QED) is 0.820. The van der Waals surface area contributed by atoms with Crippen molar-refractivity contribution < 1.29 is 4.39 Å². The van der Waals surface area contributed by atoms with Crippen molar-refractivity contribution in [1.82, 2.24) is 0 Å². The average molecular weight is 329 g/mol. The van der Waals surface area contributed by atoms with E-state index in [0.29, 0.717) is 11.6 Å². The molecule has 4 heteroatoms. The van der Waals surface area contributed by atoms with E-state index in [0.717, 1.165) is 15.7 Å². The second kappa shape index (κ2) is 5.72. The molecule has 0 spiro atoms. The fraction of sp³-hybridized carbons (Fsp3) is 0.143. The van der Waals surface area contributed by atoms with Crippen LogP contribution in [0.5, 0.6) is 0 Å². The predicted octanol–water partition coefficient (Wildman–Crippen LogP) is 5.16. The summed E-state index contributed by atoms with van der Waals surface area (Å²) in [5.74, 6) is -0.318. The first-order valence-corrected chi connectivity index (χ1v) is 6.67. The first-order chi connectivity index (χ1) is 8.56. The van der Waals surface area contributed by atoms with Crippen LogP contribution in [0.25, 0.3) is 0 Å². The molecule has 2 rings (SSSR count). The molecular weight excluding hydrogens is 317 g/mol. The summed E-state index contributed by atoms with van der Waals surface area (Å²) in [5.41, 5.74) is 3.04. The Hall–Kier alpha value is -1.06. The zero-order chi connectivity index (χ0) is 13.1. The van der Waals surface area contributed by atoms with Gasteiger partial charge in [-0.05, 0) is 42.3 Å². The van der Waals surface area contributed by atoms with Crippen molar-refractivity contribution >= 4 is 33.2 Å². The molecule has 0 unspecified atom stereocenters.